The Hall–Kier alpha value is -4.32. The standard InChI is InChI=1S/C25H28N8O4/c1-26-25(35)21-19(12-20(31-32-21)30-24(34)15-6-7-15)29-18-5-3-4-17(22(18)36-2)23-27-13-16(14-28-23)33-8-10-37-11-9-33/h3-5,12-15H,6-11H2,1-2H3,(H,26,35)(H2,29,30,31,34). The number of para-hydroxylation sites is 1. The van der Waals surface area contributed by atoms with Crippen LogP contribution in [0.15, 0.2) is 36.7 Å². The van der Waals surface area contributed by atoms with Crippen molar-refractivity contribution >= 4 is 34.7 Å². The van der Waals surface area contributed by atoms with Gasteiger partial charge in [-0.1, -0.05) is 6.07 Å². The Balaban J connectivity index is 1.44. The third kappa shape index (κ3) is 5.43. The zero-order valence-corrected chi connectivity index (χ0v) is 20.7. The first-order valence-electron chi connectivity index (χ1n) is 12.1. The second-order valence-electron chi connectivity index (χ2n) is 8.71. The van der Waals surface area contributed by atoms with Gasteiger partial charge in [0.25, 0.3) is 5.91 Å². The van der Waals surface area contributed by atoms with Crippen molar-refractivity contribution in [3.63, 3.8) is 0 Å². The Morgan fingerprint density at radius 3 is 2.51 bits per heavy atom. The van der Waals surface area contributed by atoms with Crippen molar-refractivity contribution in [2.75, 3.05) is 56.0 Å². The molecule has 1 aliphatic heterocycles. The number of aromatic nitrogens is 4. The van der Waals surface area contributed by atoms with E-state index in [1.165, 1.54) is 7.05 Å². The number of hydrogen-bond acceptors (Lipinski definition) is 10. The minimum atomic E-state index is -0.424. The predicted octanol–water partition coefficient (Wildman–Crippen LogP) is 2.23. The van der Waals surface area contributed by atoms with Gasteiger partial charge < -0.3 is 30.3 Å². The predicted molar refractivity (Wildman–Crippen MR) is 137 cm³/mol. The third-order valence-electron chi connectivity index (χ3n) is 6.18. The van der Waals surface area contributed by atoms with E-state index in [2.05, 4.69) is 41.0 Å². The summed E-state index contributed by atoms with van der Waals surface area (Å²) in [5.41, 5.74) is 2.61. The Morgan fingerprint density at radius 2 is 1.84 bits per heavy atom. The van der Waals surface area contributed by atoms with Crippen LogP contribution in [0.2, 0.25) is 0 Å². The number of hydrogen-bond donors (Lipinski definition) is 3. The van der Waals surface area contributed by atoms with Crippen molar-refractivity contribution in [3.8, 4) is 17.1 Å². The van der Waals surface area contributed by atoms with Crippen LogP contribution in [0, 0.1) is 5.92 Å². The highest BCUT2D eigenvalue weighted by Crippen LogP contribution is 2.37. The van der Waals surface area contributed by atoms with Crippen molar-refractivity contribution in [3.05, 3.63) is 42.4 Å². The Kier molecular flexibility index (Phi) is 7.08. The van der Waals surface area contributed by atoms with E-state index < -0.39 is 5.91 Å². The van der Waals surface area contributed by atoms with Crippen LogP contribution < -0.4 is 25.6 Å². The molecule has 0 bridgehead atoms. The minimum absolute atomic E-state index is 0.00300. The molecule has 0 atom stereocenters. The maximum absolute atomic E-state index is 12.5. The summed E-state index contributed by atoms with van der Waals surface area (Å²) in [4.78, 5) is 36.0. The van der Waals surface area contributed by atoms with Crippen LogP contribution >= 0.6 is 0 Å². The average Bonchev–Trinajstić information content (AvgIpc) is 3.79. The minimum Gasteiger partial charge on any atom is -0.494 e. The number of benzene rings is 1. The van der Waals surface area contributed by atoms with Crippen molar-refractivity contribution in [1.82, 2.24) is 25.5 Å². The number of carbonyl (C=O) groups excluding carboxylic acids is 2. The first-order valence-corrected chi connectivity index (χ1v) is 12.1. The van der Waals surface area contributed by atoms with E-state index in [1.807, 2.05) is 12.1 Å². The van der Waals surface area contributed by atoms with E-state index in [9.17, 15) is 9.59 Å². The second kappa shape index (κ2) is 10.7. The molecule has 5 rings (SSSR count). The molecular weight excluding hydrogens is 476 g/mol. The molecule has 37 heavy (non-hydrogen) atoms. The molecule has 192 valence electrons. The fourth-order valence-electron chi connectivity index (χ4n) is 4.03. The van der Waals surface area contributed by atoms with Gasteiger partial charge in [-0.3, -0.25) is 9.59 Å². The molecule has 1 saturated heterocycles. The SMILES string of the molecule is CNC(=O)c1nnc(NC(=O)C2CC2)cc1Nc1cccc(-c2ncc(N3CCOCC3)cn2)c1OC. The van der Waals surface area contributed by atoms with Gasteiger partial charge in [0, 0.05) is 32.1 Å². The van der Waals surface area contributed by atoms with Crippen LogP contribution in [-0.2, 0) is 9.53 Å². The normalized spacial score (nSPS) is 15.1. The Bertz CT molecular complexity index is 1290. The highest BCUT2D eigenvalue weighted by molar-refractivity contribution is 6.00. The van der Waals surface area contributed by atoms with Crippen molar-refractivity contribution in [1.29, 1.82) is 0 Å². The first-order chi connectivity index (χ1) is 18.1. The zero-order chi connectivity index (χ0) is 25.8. The van der Waals surface area contributed by atoms with Gasteiger partial charge in [0.05, 0.1) is 55.3 Å². The van der Waals surface area contributed by atoms with E-state index in [0.717, 1.165) is 31.6 Å². The number of morpholine rings is 1. The van der Waals surface area contributed by atoms with Crippen LogP contribution in [0.5, 0.6) is 5.75 Å². The molecule has 12 nitrogen and oxygen atoms in total. The fourth-order valence-corrected chi connectivity index (χ4v) is 4.03. The van der Waals surface area contributed by atoms with E-state index >= 15 is 0 Å². The molecule has 0 radical (unpaired) electrons. The summed E-state index contributed by atoms with van der Waals surface area (Å²) in [5.74, 6) is 0.712. The maximum atomic E-state index is 12.5. The number of ether oxygens (including phenoxy) is 2. The molecule has 2 amide bonds. The summed E-state index contributed by atoms with van der Waals surface area (Å²) < 4.78 is 11.2. The Labute approximate surface area is 213 Å². The van der Waals surface area contributed by atoms with Crippen LogP contribution in [0.25, 0.3) is 11.4 Å². The molecule has 0 unspecified atom stereocenters. The van der Waals surface area contributed by atoms with E-state index in [4.69, 9.17) is 9.47 Å². The van der Waals surface area contributed by atoms with E-state index in [0.29, 0.717) is 41.7 Å². The number of amides is 2. The molecule has 3 N–H and O–H groups in total. The molecule has 2 aromatic heterocycles. The second-order valence-corrected chi connectivity index (χ2v) is 8.71. The maximum Gasteiger partial charge on any atom is 0.273 e. The topological polar surface area (TPSA) is 143 Å². The van der Waals surface area contributed by atoms with Crippen molar-refractivity contribution in [2.45, 2.75) is 12.8 Å². The summed E-state index contributed by atoms with van der Waals surface area (Å²) in [6.07, 6.45) is 5.30. The molecule has 1 aliphatic carbocycles. The van der Waals surface area contributed by atoms with Gasteiger partial charge in [-0.15, -0.1) is 10.2 Å². The van der Waals surface area contributed by atoms with Gasteiger partial charge >= 0.3 is 0 Å². The van der Waals surface area contributed by atoms with Gasteiger partial charge in [0.15, 0.2) is 23.1 Å². The van der Waals surface area contributed by atoms with Gasteiger partial charge in [0.2, 0.25) is 5.91 Å². The first kappa shape index (κ1) is 24.4. The number of methoxy groups -OCH3 is 1. The van der Waals surface area contributed by atoms with E-state index in [-0.39, 0.29) is 23.3 Å². The summed E-state index contributed by atoms with van der Waals surface area (Å²) in [5, 5.41) is 16.6. The lowest BCUT2D eigenvalue weighted by Gasteiger charge is -2.28. The highest BCUT2D eigenvalue weighted by atomic mass is 16.5. The average molecular weight is 505 g/mol. The molecular formula is C25H28N8O4. The molecule has 12 heteroatoms. The van der Waals surface area contributed by atoms with Crippen LogP contribution in [0.3, 0.4) is 0 Å². The number of rotatable bonds is 8. The van der Waals surface area contributed by atoms with Crippen LogP contribution in [0.1, 0.15) is 23.3 Å². The third-order valence-corrected chi connectivity index (χ3v) is 6.18. The van der Waals surface area contributed by atoms with Gasteiger partial charge in [-0.25, -0.2) is 9.97 Å². The molecule has 2 aliphatic rings. The number of carbonyl (C=O) groups is 2. The van der Waals surface area contributed by atoms with E-state index in [1.54, 1.807) is 31.6 Å². The summed E-state index contributed by atoms with van der Waals surface area (Å²) in [6.45, 7) is 2.94. The molecule has 1 saturated carbocycles. The molecule has 2 fully saturated rings. The fraction of sp³-hybridized carbons (Fsp3) is 0.360. The lowest BCUT2D eigenvalue weighted by atomic mass is 10.1. The summed E-state index contributed by atoms with van der Waals surface area (Å²) in [7, 11) is 3.06. The van der Waals surface area contributed by atoms with Crippen molar-refractivity contribution in [2.24, 2.45) is 5.92 Å². The van der Waals surface area contributed by atoms with Crippen LogP contribution in [-0.4, -0.2) is 72.4 Å². The molecule has 1 aromatic carbocycles. The van der Waals surface area contributed by atoms with Gasteiger partial charge in [0.1, 0.15) is 0 Å². The summed E-state index contributed by atoms with van der Waals surface area (Å²) >= 11 is 0. The number of nitrogens with one attached hydrogen (secondary N) is 3. The lowest BCUT2D eigenvalue weighted by Crippen LogP contribution is -2.36. The van der Waals surface area contributed by atoms with Crippen LogP contribution in [0.4, 0.5) is 22.9 Å². The lowest BCUT2D eigenvalue weighted by molar-refractivity contribution is -0.117. The van der Waals surface area contributed by atoms with Gasteiger partial charge in [-0.2, -0.15) is 0 Å². The number of anilines is 4. The zero-order valence-electron chi connectivity index (χ0n) is 20.7. The molecule has 0 spiro atoms. The Morgan fingerprint density at radius 1 is 1.08 bits per heavy atom. The smallest absolute Gasteiger partial charge is 0.273 e. The summed E-state index contributed by atoms with van der Waals surface area (Å²) in [6, 6.07) is 7.08. The number of nitrogens with zero attached hydrogens (tertiary/aromatic N) is 5. The van der Waals surface area contributed by atoms with Gasteiger partial charge in [-0.05, 0) is 25.0 Å². The molecule has 3 aromatic rings. The highest BCUT2D eigenvalue weighted by Gasteiger charge is 2.30. The largest absolute Gasteiger partial charge is 0.494 e. The monoisotopic (exact) mass is 504 g/mol. The molecule has 3 heterocycles. The van der Waals surface area contributed by atoms with Crippen molar-refractivity contribution < 1.29 is 19.1 Å². The quantitative estimate of drug-likeness (QED) is 0.418.